The molecule has 0 aromatic rings. The lowest BCUT2D eigenvalue weighted by atomic mass is 10.2. The van der Waals surface area contributed by atoms with E-state index in [1.165, 1.54) is 0 Å². The van der Waals surface area contributed by atoms with Crippen LogP contribution in [0.5, 0.6) is 0 Å². The van der Waals surface area contributed by atoms with Crippen molar-refractivity contribution < 1.29 is 5.11 Å². The van der Waals surface area contributed by atoms with Crippen molar-refractivity contribution in [1.29, 1.82) is 5.26 Å². The number of aliphatic hydroxyl groups excluding tert-OH is 1. The summed E-state index contributed by atoms with van der Waals surface area (Å²) >= 11 is 0. The molecule has 0 aromatic carbocycles. The van der Waals surface area contributed by atoms with Crippen molar-refractivity contribution in [1.82, 2.24) is 5.32 Å². The monoisotopic (exact) mass is 142 g/mol. The minimum absolute atomic E-state index is 0.141. The zero-order valence-electron chi connectivity index (χ0n) is 6.30. The Morgan fingerprint density at radius 1 is 1.70 bits per heavy atom. The molecular weight excluding hydrogens is 128 g/mol. The van der Waals surface area contributed by atoms with Gasteiger partial charge in [0.15, 0.2) is 0 Å². The molecule has 1 unspecified atom stereocenters. The van der Waals surface area contributed by atoms with Gasteiger partial charge in [-0.2, -0.15) is 5.26 Å². The lowest BCUT2D eigenvalue weighted by molar-refractivity contribution is 0.283. The second-order valence-electron chi connectivity index (χ2n) is 2.15. The molecule has 0 aliphatic rings. The van der Waals surface area contributed by atoms with E-state index in [9.17, 15) is 0 Å². The Morgan fingerprint density at radius 2 is 2.40 bits per heavy atom. The van der Waals surface area contributed by atoms with Crippen molar-refractivity contribution in [2.24, 2.45) is 0 Å². The van der Waals surface area contributed by atoms with Gasteiger partial charge in [0.25, 0.3) is 0 Å². The summed E-state index contributed by atoms with van der Waals surface area (Å²) in [6.07, 6.45) is 1.46. The zero-order chi connectivity index (χ0) is 7.82. The average molecular weight is 142 g/mol. The molecule has 10 heavy (non-hydrogen) atoms. The van der Waals surface area contributed by atoms with Crippen LogP contribution in [-0.2, 0) is 0 Å². The van der Waals surface area contributed by atoms with Gasteiger partial charge >= 0.3 is 0 Å². The van der Waals surface area contributed by atoms with Gasteiger partial charge in [0.1, 0.15) is 0 Å². The zero-order valence-corrected chi connectivity index (χ0v) is 6.30. The first-order valence-electron chi connectivity index (χ1n) is 3.56. The van der Waals surface area contributed by atoms with Crippen LogP contribution >= 0.6 is 0 Å². The Balaban J connectivity index is 3.32. The molecule has 0 aliphatic heterocycles. The first-order chi connectivity index (χ1) is 4.85. The van der Waals surface area contributed by atoms with Crippen LogP contribution in [0.25, 0.3) is 0 Å². The van der Waals surface area contributed by atoms with E-state index in [4.69, 9.17) is 10.4 Å². The SMILES string of the molecule is CCC(CC#N)NCCO. The summed E-state index contributed by atoms with van der Waals surface area (Å²) in [5, 5.41) is 19.8. The van der Waals surface area contributed by atoms with Crippen LogP contribution in [0, 0.1) is 11.3 Å². The summed E-state index contributed by atoms with van der Waals surface area (Å²) in [5.74, 6) is 0. The second kappa shape index (κ2) is 6.53. The maximum atomic E-state index is 8.43. The van der Waals surface area contributed by atoms with Crippen molar-refractivity contribution in [3.8, 4) is 6.07 Å². The van der Waals surface area contributed by atoms with Crippen molar-refractivity contribution in [2.75, 3.05) is 13.2 Å². The highest BCUT2D eigenvalue weighted by Gasteiger charge is 2.01. The molecule has 58 valence electrons. The predicted octanol–water partition coefficient (Wildman–Crippen LogP) is 0.261. The topological polar surface area (TPSA) is 56.0 Å². The molecule has 0 bridgehead atoms. The van der Waals surface area contributed by atoms with Gasteiger partial charge in [-0.25, -0.2) is 0 Å². The minimum Gasteiger partial charge on any atom is -0.395 e. The first-order valence-corrected chi connectivity index (χ1v) is 3.56. The summed E-state index contributed by atoms with van der Waals surface area (Å²) in [4.78, 5) is 0. The maximum absolute atomic E-state index is 8.43. The third-order valence-corrected chi connectivity index (χ3v) is 1.38. The van der Waals surface area contributed by atoms with Crippen molar-refractivity contribution in [3.63, 3.8) is 0 Å². The number of nitrogens with zero attached hydrogens (tertiary/aromatic N) is 1. The largest absolute Gasteiger partial charge is 0.395 e. The highest BCUT2D eigenvalue weighted by Crippen LogP contribution is 1.94. The molecule has 0 rings (SSSR count). The normalized spacial score (nSPS) is 12.5. The van der Waals surface area contributed by atoms with Crippen LogP contribution < -0.4 is 5.32 Å². The summed E-state index contributed by atoms with van der Waals surface area (Å²) in [6.45, 7) is 2.74. The molecule has 0 saturated heterocycles. The Kier molecular flexibility index (Phi) is 6.14. The highest BCUT2D eigenvalue weighted by atomic mass is 16.3. The van der Waals surface area contributed by atoms with Gasteiger partial charge < -0.3 is 10.4 Å². The van der Waals surface area contributed by atoms with Gasteiger partial charge in [0.05, 0.1) is 19.1 Å². The molecule has 1 atom stereocenters. The van der Waals surface area contributed by atoms with E-state index in [0.29, 0.717) is 13.0 Å². The molecule has 3 heteroatoms. The Hall–Kier alpha value is -0.590. The van der Waals surface area contributed by atoms with Crippen LogP contribution in [0.2, 0.25) is 0 Å². The number of nitrogens with one attached hydrogen (secondary N) is 1. The molecule has 2 N–H and O–H groups in total. The van der Waals surface area contributed by atoms with Crippen molar-refractivity contribution >= 4 is 0 Å². The fraction of sp³-hybridized carbons (Fsp3) is 0.857. The highest BCUT2D eigenvalue weighted by molar-refractivity contribution is 4.79. The van der Waals surface area contributed by atoms with E-state index in [0.717, 1.165) is 6.42 Å². The van der Waals surface area contributed by atoms with Gasteiger partial charge in [-0.05, 0) is 6.42 Å². The summed E-state index contributed by atoms with van der Waals surface area (Å²) in [7, 11) is 0. The third kappa shape index (κ3) is 4.30. The first kappa shape index (κ1) is 9.41. The van der Waals surface area contributed by atoms with Gasteiger partial charge in [-0.3, -0.25) is 0 Å². The molecule has 0 aliphatic carbocycles. The second-order valence-corrected chi connectivity index (χ2v) is 2.15. The number of hydrogen-bond acceptors (Lipinski definition) is 3. The van der Waals surface area contributed by atoms with Crippen LogP contribution in [0.15, 0.2) is 0 Å². The Labute approximate surface area is 61.7 Å². The molecule has 0 fully saturated rings. The van der Waals surface area contributed by atoms with Crippen LogP contribution in [0.4, 0.5) is 0 Å². The Morgan fingerprint density at radius 3 is 2.80 bits per heavy atom. The molecule has 0 saturated carbocycles. The molecule has 0 aromatic heterocycles. The van der Waals surface area contributed by atoms with Gasteiger partial charge in [0.2, 0.25) is 0 Å². The van der Waals surface area contributed by atoms with Crippen LogP contribution in [0.3, 0.4) is 0 Å². The lowest BCUT2D eigenvalue weighted by Gasteiger charge is -2.11. The fourth-order valence-corrected chi connectivity index (χ4v) is 0.740. The molecule has 0 heterocycles. The standard InChI is InChI=1S/C7H14N2O/c1-2-7(3-4-8)9-5-6-10/h7,9-10H,2-3,5-6H2,1H3. The summed E-state index contributed by atoms with van der Waals surface area (Å²) < 4.78 is 0. The quantitative estimate of drug-likeness (QED) is 0.579. The van der Waals surface area contributed by atoms with Crippen molar-refractivity contribution in [3.05, 3.63) is 0 Å². The third-order valence-electron chi connectivity index (χ3n) is 1.38. The maximum Gasteiger partial charge on any atom is 0.0638 e. The molecular formula is C7H14N2O. The Bertz CT molecular complexity index is 109. The number of rotatable bonds is 5. The number of hydrogen-bond donors (Lipinski definition) is 2. The van der Waals surface area contributed by atoms with Gasteiger partial charge in [-0.1, -0.05) is 6.92 Å². The summed E-state index contributed by atoms with van der Waals surface area (Å²) in [6, 6.07) is 2.33. The van der Waals surface area contributed by atoms with Crippen LogP contribution in [0.1, 0.15) is 19.8 Å². The van der Waals surface area contributed by atoms with Crippen LogP contribution in [-0.4, -0.2) is 24.3 Å². The smallest absolute Gasteiger partial charge is 0.0638 e. The molecule has 0 amide bonds. The van der Waals surface area contributed by atoms with E-state index in [2.05, 4.69) is 11.4 Å². The summed E-state index contributed by atoms with van der Waals surface area (Å²) in [5.41, 5.74) is 0. The van der Waals surface area contributed by atoms with Gasteiger partial charge in [-0.15, -0.1) is 0 Å². The average Bonchev–Trinajstić information content (AvgIpc) is 1.98. The van der Waals surface area contributed by atoms with E-state index in [1.807, 2.05) is 6.92 Å². The fourth-order valence-electron chi connectivity index (χ4n) is 0.740. The van der Waals surface area contributed by atoms with E-state index >= 15 is 0 Å². The van der Waals surface area contributed by atoms with Crippen molar-refractivity contribution in [2.45, 2.75) is 25.8 Å². The minimum atomic E-state index is 0.141. The van der Waals surface area contributed by atoms with E-state index in [1.54, 1.807) is 0 Å². The van der Waals surface area contributed by atoms with E-state index in [-0.39, 0.29) is 12.6 Å². The van der Waals surface area contributed by atoms with Gasteiger partial charge in [0, 0.05) is 12.6 Å². The molecule has 3 nitrogen and oxygen atoms in total. The van der Waals surface area contributed by atoms with E-state index < -0.39 is 0 Å². The molecule has 0 radical (unpaired) electrons. The molecule has 0 spiro atoms. The lowest BCUT2D eigenvalue weighted by Crippen LogP contribution is -2.30. The number of aliphatic hydroxyl groups is 1. The predicted molar refractivity (Wildman–Crippen MR) is 39.4 cm³/mol. The number of nitriles is 1.